The number of carbonyl (C=O) groups excluding carboxylic acids is 1. The van der Waals surface area contributed by atoms with Crippen molar-refractivity contribution in [1.82, 2.24) is 19.7 Å². The minimum absolute atomic E-state index is 0.347. The van der Waals surface area contributed by atoms with Crippen molar-refractivity contribution in [3.05, 3.63) is 36.2 Å². The van der Waals surface area contributed by atoms with E-state index in [0.29, 0.717) is 11.3 Å². The van der Waals surface area contributed by atoms with Crippen molar-refractivity contribution < 1.29 is 9.63 Å². The number of anilines is 1. The monoisotopic (exact) mass is 327 g/mol. The van der Waals surface area contributed by atoms with Crippen LogP contribution in [0.3, 0.4) is 0 Å². The van der Waals surface area contributed by atoms with Crippen LogP contribution in [0.1, 0.15) is 33.4 Å². The molecule has 0 fully saturated rings. The summed E-state index contributed by atoms with van der Waals surface area (Å²) >= 11 is 0. The molecule has 0 aliphatic heterocycles. The molecule has 0 bridgehead atoms. The third-order valence-corrected chi connectivity index (χ3v) is 3.69. The number of nitrogen functional groups attached to an aromatic ring is 1. The number of hydrogen-bond acceptors (Lipinski definition) is 5. The summed E-state index contributed by atoms with van der Waals surface area (Å²) in [5, 5.41) is 9.45. The third kappa shape index (κ3) is 2.84. The van der Waals surface area contributed by atoms with Gasteiger partial charge in [-0.2, -0.15) is 5.10 Å². The second-order valence-corrected chi connectivity index (χ2v) is 6.72. The Morgan fingerprint density at radius 3 is 2.67 bits per heavy atom. The van der Waals surface area contributed by atoms with Gasteiger partial charge in [0.25, 0.3) is 0 Å². The maximum Gasteiger partial charge on any atom is 0.340 e. The van der Waals surface area contributed by atoms with Gasteiger partial charge >= 0.3 is 5.97 Å². The Labute approximate surface area is 140 Å². The number of hydrogen-bond donors (Lipinski definition) is 1. The SMILES string of the molecule is CCc1cc(N)n(-c2ccc3c(cnn3OC(=O)C(C)(C)C)c2)n1. The van der Waals surface area contributed by atoms with Gasteiger partial charge in [0.2, 0.25) is 0 Å². The van der Waals surface area contributed by atoms with Crippen LogP contribution < -0.4 is 10.6 Å². The van der Waals surface area contributed by atoms with E-state index in [2.05, 4.69) is 10.2 Å². The van der Waals surface area contributed by atoms with Gasteiger partial charge in [-0.05, 0) is 45.4 Å². The Hall–Kier alpha value is -2.83. The van der Waals surface area contributed by atoms with Gasteiger partial charge in [-0.25, -0.2) is 9.48 Å². The van der Waals surface area contributed by atoms with E-state index < -0.39 is 5.41 Å². The minimum atomic E-state index is -0.599. The van der Waals surface area contributed by atoms with Crippen molar-refractivity contribution in [2.24, 2.45) is 5.41 Å². The zero-order valence-electron chi connectivity index (χ0n) is 14.3. The average molecular weight is 327 g/mol. The number of nitrogens with zero attached hydrogens (tertiary/aromatic N) is 4. The molecule has 0 radical (unpaired) electrons. The van der Waals surface area contributed by atoms with E-state index in [-0.39, 0.29) is 5.97 Å². The Bertz CT molecular complexity index is 901. The van der Waals surface area contributed by atoms with E-state index in [9.17, 15) is 4.79 Å². The van der Waals surface area contributed by atoms with Gasteiger partial charge in [0.15, 0.2) is 0 Å². The topological polar surface area (TPSA) is 88.0 Å². The lowest BCUT2D eigenvalue weighted by molar-refractivity contribution is -0.154. The number of aryl methyl sites for hydroxylation is 1. The summed E-state index contributed by atoms with van der Waals surface area (Å²) in [4.78, 5) is 18.6. The number of nitrogens with two attached hydrogens (primary N) is 1. The van der Waals surface area contributed by atoms with Gasteiger partial charge < -0.3 is 10.6 Å². The maximum atomic E-state index is 12.0. The predicted octanol–water partition coefficient (Wildman–Crippen LogP) is 2.37. The van der Waals surface area contributed by atoms with Crippen LogP contribution in [0.15, 0.2) is 30.5 Å². The van der Waals surface area contributed by atoms with Crippen LogP contribution in [0.2, 0.25) is 0 Å². The fourth-order valence-electron chi connectivity index (χ4n) is 2.24. The quantitative estimate of drug-likeness (QED) is 0.798. The molecular formula is C17H21N5O2. The molecule has 1 aromatic carbocycles. The fourth-order valence-corrected chi connectivity index (χ4v) is 2.24. The normalized spacial score (nSPS) is 11.8. The summed E-state index contributed by atoms with van der Waals surface area (Å²) in [6, 6.07) is 7.47. The Kier molecular flexibility index (Phi) is 3.79. The molecule has 3 aromatic rings. The van der Waals surface area contributed by atoms with Crippen LogP contribution in [0, 0.1) is 5.41 Å². The molecule has 2 aromatic heterocycles. The van der Waals surface area contributed by atoms with E-state index in [1.165, 1.54) is 4.85 Å². The van der Waals surface area contributed by atoms with Crippen molar-refractivity contribution in [1.29, 1.82) is 0 Å². The summed E-state index contributed by atoms with van der Waals surface area (Å²) in [7, 11) is 0. The van der Waals surface area contributed by atoms with Crippen LogP contribution in [-0.2, 0) is 11.2 Å². The van der Waals surface area contributed by atoms with Gasteiger partial charge in [-0.1, -0.05) is 11.8 Å². The highest BCUT2D eigenvalue weighted by Gasteiger charge is 2.25. The first-order chi connectivity index (χ1) is 11.3. The summed E-state index contributed by atoms with van der Waals surface area (Å²) in [5.41, 5.74) is 7.90. The van der Waals surface area contributed by atoms with Gasteiger partial charge in [-0.15, -0.1) is 5.10 Å². The molecule has 24 heavy (non-hydrogen) atoms. The molecule has 3 rings (SSSR count). The standard InChI is InChI=1S/C17H21N5O2/c1-5-12-9-15(18)21(20-12)13-6-7-14-11(8-13)10-19-22(14)24-16(23)17(2,3)4/h6-10H,5,18H2,1-4H3. The van der Waals surface area contributed by atoms with Gasteiger partial charge in [0.1, 0.15) is 11.3 Å². The molecule has 0 atom stereocenters. The molecular weight excluding hydrogens is 306 g/mol. The van der Waals surface area contributed by atoms with Gasteiger partial charge in [0.05, 0.1) is 23.0 Å². The van der Waals surface area contributed by atoms with Crippen LogP contribution in [0.25, 0.3) is 16.6 Å². The molecule has 0 saturated carbocycles. The van der Waals surface area contributed by atoms with E-state index in [1.54, 1.807) is 31.6 Å². The molecule has 0 amide bonds. The highest BCUT2D eigenvalue weighted by Crippen LogP contribution is 2.21. The smallest absolute Gasteiger partial charge is 0.340 e. The highest BCUT2D eigenvalue weighted by molar-refractivity contribution is 5.82. The maximum absolute atomic E-state index is 12.0. The second kappa shape index (κ2) is 5.67. The van der Waals surface area contributed by atoms with Crippen LogP contribution in [0.4, 0.5) is 5.82 Å². The van der Waals surface area contributed by atoms with Crippen molar-refractivity contribution in [2.45, 2.75) is 34.1 Å². The molecule has 7 heteroatoms. The minimum Gasteiger partial charge on any atom is -0.384 e. The van der Waals surface area contributed by atoms with E-state index in [1.807, 2.05) is 31.2 Å². The molecule has 0 spiro atoms. The van der Waals surface area contributed by atoms with E-state index >= 15 is 0 Å². The summed E-state index contributed by atoms with van der Waals surface area (Å²) in [6.07, 6.45) is 2.47. The lowest BCUT2D eigenvalue weighted by Gasteiger charge is -2.15. The fraction of sp³-hybridized carbons (Fsp3) is 0.353. The molecule has 7 nitrogen and oxygen atoms in total. The van der Waals surface area contributed by atoms with E-state index in [4.69, 9.17) is 10.6 Å². The summed E-state index contributed by atoms with van der Waals surface area (Å²) < 4.78 is 1.69. The lowest BCUT2D eigenvalue weighted by atomic mass is 9.98. The first kappa shape index (κ1) is 16.0. The lowest BCUT2D eigenvalue weighted by Crippen LogP contribution is -2.31. The summed E-state index contributed by atoms with van der Waals surface area (Å²) in [5.74, 6) is 0.234. The van der Waals surface area contributed by atoms with Crippen molar-refractivity contribution >= 4 is 22.7 Å². The van der Waals surface area contributed by atoms with Crippen molar-refractivity contribution in [3.63, 3.8) is 0 Å². The molecule has 0 aliphatic rings. The van der Waals surface area contributed by atoms with Gasteiger partial charge in [-0.3, -0.25) is 0 Å². The first-order valence-electron chi connectivity index (χ1n) is 7.85. The molecule has 0 aliphatic carbocycles. The molecule has 0 unspecified atom stereocenters. The number of fused-ring (bicyclic) bond motifs is 1. The zero-order valence-corrected chi connectivity index (χ0v) is 14.3. The average Bonchev–Trinajstić information content (AvgIpc) is 3.09. The third-order valence-electron chi connectivity index (χ3n) is 3.69. The molecule has 2 heterocycles. The van der Waals surface area contributed by atoms with Crippen LogP contribution in [0.5, 0.6) is 0 Å². The predicted molar refractivity (Wildman–Crippen MR) is 91.7 cm³/mol. The first-order valence-corrected chi connectivity index (χ1v) is 7.85. The molecule has 2 N–H and O–H groups in total. The van der Waals surface area contributed by atoms with Crippen molar-refractivity contribution in [3.8, 4) is 5.69 Å². The summed E-state index contributed by atoms with van der Waals surface area (Å²) in [6.45, 7) is 7.42. The second-order valence-electron chi connectivity index (χ2n) is 6.72. The highest BCUT2D eigenvalue weighted by atomic mass is 16.7. The van der Waals surface area contributed by atoms with Crippen LogP contribution in [-0.4, -0.2) is 25.7 Å². The van der Waals surface area contributed by atoms with Crippen molar-refractivity contribution in [2.75, 3.05) is 5.73 Å². The Morgan fingerprint density at radius 2 is 2.04 bits per heavy atom. The number of carbonyl (C=O) groups is 1. The number of benzene rings is 1. The number of rotatable bonds is 3. The molecule has 0 saturated heterocycles. The zero-order chi connectivity index (χ0) is 17.5. The largest absolute Gasteiger partial charge is 0.384 e. The van der Waals surface area contributed by atoms with Crippen LogP contribution >= 0.6 is 0 Å². The molecule has 126 valence electrons. The number of aromatic nitrogens is 4. The Morgan fingerprint density at radius 1 is 1.29 bits per heavy atom. The van der Waals surface area contributed by atoms with Gasteiger partial charge in [0, 0.05) is 11.5 Å². The van der Waals surface area contributed by atoms with E-state index in [0.717, 1.165) is 23.2 Å². The Balaban J connectivity index is 1.96.